The third kappa shape index (κ3) is 3.01. The second kappa shape index (κ2) is 6.55. The molecular formula is C18H17N3O5. The van der Waals surface area contributed by atoms with E-state index in [9.17, 15) is 9.59 Å². The lowest BCUT2D eigenvalue weighted by molar-refractivity contribution is 0.0690. The number of benzene rings is 1. The van der Waals surface area contributed by atoms with E-state index >= 15 is 0 Å². The summed E-state index contributed by atoms with van der Waals surface area (Å²) in [5.41, 5.74) is 0.579. The van der Waals surface area contributed by atoms with Crippen LogP contribution < -0.4 is 14.4 Å². The first-order valence-corrected chi connectivity index (χ1v) is 8.26. The van der Waals surface area contributed by atoms with E-state index in [2.05, 4.69) is 4.98 Å². The first-order chi connectivity index (χ1) is 12.6. The van der Waals surface area contributed by atoms with Crippen molar-refractivity contribution in [1.29, 1.82) is 0 Å². The molecule has 0 radical (unpaired) electrons. The molecule has 8 heteroatoms. The molecule has 2 aliphatic heterocycles. The normalized spacial score (nSPS) is 15.8. The molecule has 8 nitrogen and oxygen atoms in total. The molecule has 4 rings (SSSR count). The van der Waals surface area contributed by atoms with Crippen LogP contribution in [0.5, 0.6) is 11.5 Å². The fraction of sp³-hybridized carbons (Fsp3) is 0.278. The molecular weight excluding hydrogens is 338 g/mol. The minimum Gasteiger partial charge on any atom is -0.477 e. The highest BCUT2D eigenvalue weighted by Gasteiger charge is 2.25. The Labute approximate surface area is 149 Å². The van der Waals surface area contributed by atoms with Crippen molar-refractivity contribution in [3.63, 3.8) is 0 Å². The summed E-state index contributed by atoms with van der Waals surface area (Å²) in [5, 5.41) is 9.06. The molecule has 0 atom stereocenters. The van der Waals surface area contributed by atoms with Crippen molar-refractivity contribution in [2.45, 2.75) is 0 Å². The number of ether oxygens (including phenoxy) is 2. The van der Waals surface area contributed by atoms with Crippen LogP contribution in [-0.4, -0.2) is 59.8 Å². The molecule has 2 aliphatic rings. The number of carbonyl (C=O) groups is 2. The zero-order valence-electron chi connectivity index (χ0n) is 13.9. The molecule has 1 N–H and O–H groups in total. The summed E-state index contributed by atoms with van der Waals surface area (Å²) in [6, 6.07) is 10.1. The number of aromatic nitrogens is 1. The molecule has 1 aromatic heterocycles. The maximum Gasteiger partial charge on any atom is 0.354 e. The van der Waals surface area contributed by atoms with Gasteiger partial charge in [-0.3, -0.25) is 4.79 Å². The number of fused-ring (bicyclic) bond motifs is 1. The molecule has 26 heavy (non-hydrogen) atoms. The smallest absolute Gasteiger partial charge is 0.354 e. The largest absolute Gasteiger partial charge is 0.477 e. The van der Waals surface area contributed by atoms with Gasteiger partial charge in [0, 0.05) is 31.7 Å². The molecule has 1 saturated heterocycles. The lowest BCUT2D eigenvalue weighted by Gasteiger charge is -2.35. The Morgan fingerprint density at radius 3 is 2.54 bits per heavy atom. The summed E-state index contributed by atoms with van der Waals surface area (Å²) < 4.78 is 10.6. The van der Waals surface area contributed by atoms with E-state index in [1.165, 1.54) is 6.07 Å². The lowest BCUT2D eigenvalue weighted by Crippen LogP contribution is -2.49. The summed E-state index contributed by atoms with van der Waals surface area (Å²) >= 11 is 0. The van der Waals surface area contributed by atoms with Gasteiger partial charge >= 0.3 is 5.97 Å². The Bertz CT molecular complexity index is 862. The maximum atomic E-state index is 12.7. The van der Waals surface area contributed by atoms with Crippen LogP contribution in [0, 0.1) is 0 Å². The Morgan fingerprint density at radius 1 is 1.00 bits per heavy atom. The topological polar surface area (TPSA) is 92.2 Å². The number of piperazine rings is 1. The van der Waals surface area contributed by atoms with Gasteiger partial charge in [0.15, 0.2) is 17.2 Å². The SMILES string of the molecule is O=C(O)c1cccc(N2CCN(C(=O)c3ccc4c(c3)OCO4)CC2)n1. The number of amides is 1. The highest BCUT2D eigenvalue weighted by molar-refractivity contribution is 5.95. The second-order valence-corrected chi connectivity index (χ2v) is 6.03. The Morgan fingerprint density at radius 2 is 1.77 bits per heavy atom. The monoisotopic (exact) mass is 355 g/mol. The van der Waals surface area contributed by atoms with Gasteiger partial charge in [0.05, 0.1) is 0 Å². The number of aromatic carboxylic acids is 1. The van der Waals surface area contributed by atoms with Crippen LogP contribution in [0.3, 0.4) is 0 Å². The zero-order chi connectivity index (χ0) is 18.1. The van der Waals surface area contributed by atoms with Gasteiger partial charge in [-0.05, 0) is 30.3 Å². The molecule has 0 spiro atoms. The zero-order valence-corrected chi connectivity index (χ0v) is 13.9. The number of rotatable bonds is 3. The van der Waals surface area contributed by atoms with Crippen molar-refractivity contribution in [3.8, 4) is 11.5 Å². The number of carboxylic acids is 1. The van der Waals surface area contributed by atoms with Gasteiger partial charge in [0.25, 0.3) is 5.91 Å². The number of pyridine rings is 1. The highest BCUT2D eigenvalue weighted by atomic mass is 16.7. The van der Waals surface area contributed by atoms with E-state index < -0.39 is 5.97 Å². The molecule has 1 amide bonds. The first-order valence-electron chi connectivity index (χ1n) is 8.26. The first kappa shape index (κ1) is 16.2. The van der Waals surface area contributed by atoms with E-state index in [0.717, 1.165) is 0 Å². The van der Waals surface area contributed by atoms with E-state index in [1.54, 1.807) is 35.2 Å². The van der Waals surface area contributed by atoms with Gasteiger partial charge in [-0.1, -0.05) is 6.07 Å². The summed E-state index contributed by atoms with van der Waals surface area (Å²) in [7, 11) is 0. The van der Waals surface area contributed by atoms with Crippen LogP contribution in [-0.2, 0) is 0 Å². The van der Waals surface area contributed by atoms with Crippen molar-refractivity contribution in [2.24, 2.45) is 0 Å². The van der Waals surface area contributed by atoms with E-state index in [1.807, 2.05) is 4.90 Å². The second-order valence-electron chi connectivity index (χ2n) is 6.03. The van der Waals surface area contributed by atoms with Crippen molar-refractivity contribution in [2.75, 3.05) is 37.9 Å². The van der Waals surface area contributed by atoms with Crippen molar-refractivity contribution in [3.05, 3.63) is 47.7 Å². The number of carbonyl (C=O) groups excluding carboxylic acids is 1. The van der Waals surface area contributed by atoms with E-state index in [-0.39, 0.29) is 18.4 Å². The van der Waals surface area contributed by atoms with Crippen LogP contribution in [0.1, 0.15) is 20.8 Å². The summed E-state index contributed by atoms with van der Waals surface area (Å²) in [4.78, 5) is 31.7. The van der Waals surface area contributed by atoms with E-state index in [0.29, 0.717) is 49.1 Å². The third-order valence-corrected chi connectivity index (χ3v) is 4.46. The number of anilines is 1. The minimum atomic E-state index is -1.05. The third-order valence-electron chi connectivity index (χ3n) is 4.46. The Balaban J connectivity index is 1.42. The van der Waals surface area contributed by atoms with Crippen LogP contribution in [0.25, 0.3) is 0 Å². The van der Waals surface area contributed by atoms with Crippen molar-refractivity contribution >= 4 is 17.7 Å². The fourth-order valence-electron chi connectivity index (χ4n) is 3.07. The van der Waals surface area contributed by atoms with Crippen molar-refractivity contribution < 1.29 is 24.2 Å². The summed E-state index contributed by atoms with van der Waals surface area (Å²) in [6.07, 6.45) is 0. The number of hydrogen-bond acceptors (Lipinski definition) is 6. The summed E-state index contributed by atoms with van der Waals surface area (Å²) in [5.74, 6) is 0.735. The fourth-order valence-corrected chi connectivity index (χ4v) is 3.07. The van der Waals surface area contributed by atoms with Crippen LogP contribution in [0.4, 0.5) is 5.82 Å². The molecule has 3 heterocycles. The lowest BCUT2D eigenvalue weighted by atomic mass is 10.1. The van der Waals surface area contributed by atoms with Crippen LogP contribution >= 0.6 is 0 Å². The van der Waals surface area contributed by atoms with Crippen LogP contribution in [0.2, 0.25) is 0 Å². The van der Waals surface area contributed by atoms with E-state index in [4.69, 9.17) is 14.6 Å². The van der Waals surface area contributed by atoms with Crippen molar-refractivity contribution in [1.82, 2.24) is 9.88 Å². The number of hydrogen-bond donors (Lipinski definition) is 1. The molecule has 1 aromatic carbocycles. The molecule has 0 saturated carbocycles. The molecule has 2 aromatic rings. The van der Waals surface area contributed by atoms with Gasteiger partial charge in [-0.25, -0.2) is 9.78 Å². The number of carboxylic acid groups (broad SMARTS) is 1. The van der Waals surface area contributed by atoms with Crippen LogP contribution in [0.15, 0.2) is 36.4 Å². The maximum absolute atomic E-state index is 12.7. The minimum absolute atomic E-state index is 0.0152. The quantitative estimate of drug-likeness (QED) is 0.891. The van der Waals surface area contributed by atoms with Gasteiger partial charge < -0.3 is 24.4 Å². The number of nitrogens with zero attached hydrogens (tertiary/aromatic N) is 3. The molecule has 1 fully saturated rings. The Kier molecular flexibility index (Phi) is 4.08. The predicted molar refractivity (Wildman–Crippen MR) is 91.9 cm³/mol. The molecule has 0 aliphatic carbocycles. The van der Waals surface area contributed by atoms with Gasteiger partial charge in [0.2, 0.25) is 6.79 Å². The highest BCUT2D eigenvalue weighted by Crippen LogP contribution is 2.32. The average molecular weight is 355 g/mol. The van der Waals surface area contributed by atoms with Gasteiger partial charge in [-0.2, -0.15) is 0 Å². The predicted octanol–water partition coefficient (Wildman–Crippen LogP) is 1.47. The van der Waals surface area contributed by atoms with Gasteiger partial charge in [0.1, 0.15) is 5.82 Å². The molecule has 134 valence electrons. The summed E-state index contributed by atoms with van der Waals surface area (Å²) in [6.45, 7) is 2.42. The van der Waals surface area contributed by atoms with Gasteiger partial charge in [-0.15, -0.1) is 0 Å². The molecule has 0 bridgehead atoms. The standard InChI is InChI=1S/C18H17N3O5/c22-17(12-4-5-14-15(10-12)26-11-25-14)21-8-6-20(7-9-21)16-3-1-2-13(19-16)18(23)24/h1-5,10H,6-9,11H2,(H,23,24). The molecule has 0 unspecified atom stereocenters. The average Bonchev–Trinajstić information content (AvgIpc) is 3.15. The Hall–Kier alpha value is -3.29.